The lowest BCUT2D eigenvalue weighted by molar-refractivity contribution is 0.211. The molecule has 2 aromatic rings. The van der Waals surface area contributed by atoms with Crippen molar-refractivity contribution in [2.24, 2.45) is 5.16 Å². The molecule has 1 aromatic heterocycles. The van der Waals surface area contributed by atoms with Crippen LogP contribution in [0.5, 0.6) is 0 Å². The Labute approximate surface area is 190 Å². The molecule has 0 spiro atoms. The summed E-state index contributed by atoms with van der Waals surface area (Å²) < 4.78 is 0. The number of aromatic nitrogens is 2. The van der Waals surface area contributed by atoms with Crippen molar-refractivity contribution in [1.29, 1.82) is 0 Å². The molecule has 32 heavy (non-hydrogen) atoms. The van der Waals surface area contributed by atoms with Crippen LogP contribution in [0.1, 0.15) is 50.7 Å². The van der Waals surface area contributed by atoms with Crippen molar-refractivity contribution in [3.05, 3.63) is 35.7 Å². The van der Waals surface area contributed by atoms with E-state index in [0.717, 1.165) is 59.5 Å². The summed E-state index contributed by atoms with van der Waals surface area (Å²) in [5, 5.41) is 17.3. The van der Waals surface area contributed by atoms with Gasteiger partial charge in [-0.25, -0.2) is 9.97 Å². The van der Waals surface area contributed by atoms with Crippen molar-refractivity contribution in [3.63, 3.8) is 0 Å². The monoisotopic (exact) mass is 436 g/mol. The molecule has 0 bridgehead atoms. The van der Waals surface area contributed by atoms with Gasteiger partial charge in [-0.3, -0.25) is 0 Å². The fourth-order valence-electron chi connectivity index (χ4n) is 5.27. The maximum Gasteiger partial charge on any atom is 0.373 e. The van der Waals surface area contributed by atoms with E-state index >= 15 is 0 Å². The first-order valence-electron chi connectivity index (χ1n) is 11.3. The molecule has 0 unspecified atom stereocenters. The van der Waals surface area contributed by atoms with Gasteiger partial charge in [0.2, 0.25) is 0 Å². The number of hydrogen-bond acceptors (Lipinski definition) is 8. The molecule has 0 amide bonds. The van der Waals surface area contributed by atoms with Gasteiger partial charge in [-0.2, -0.15) is 0 Å². The number of hydrogen-bond donors (Lipinski definition) is 3. The molecule has 0 aliphatic heterocycles. The molecule has 2 aliphatic carbocycles. The summed E-state index contributed by atoms with van der Waals surface area (Å²) in [4.78, 5) is 16.4. The Hall–Kier alpha value is -2.65. The lowest BCUT2D eigenvalue weighted by Gasteiger charge is -2.38. The lowest BCUT2D eigenvalue weighted by Crippen LogP contribution is -2.45. The highest BCUT2D eigenvalue weighted by atomic mass is 16.6. The zero-order chi connectivity index (χ0) is 23.0. The average molecular weight is 436 g/mol. The predicted molar refractivity (Wildman–Crippen MR) is 130 cm³/mol. The van der Waals surface area contributed by atoms with Gasteiger partial charge >= 0.3 is 7.05 Å². The first kappa shape index (κ1) is 22.5. The number of nitrogen functional groups attached to an aromatic ring is 1. The number of nitrogens with two attached hydrogens (primary N) is 1. The zero-order valence-corrected chi connectivity index (χ0v) is 19.6. The molecule has 0 saturated heterocycles. The van der Waals surface area contributed by atoms with Gasteiger partial charge in [0.25, 0.3) is 0 Å². The van der Waals surface area contributed by atoms with Gasteiger partial charge in [-0.05, 0) is 64.5 Å². The highest BCUT2D eigenvalue weighted by molar-refractivity contribution is 6.45. The lowest BCUT2D eigenvalue weighted by atomic mass is 9.70. The van der Waals surface area contributed by atoms with Crippen LogP contribution in [0, 0.1) is 0 Å². The van der Waals surface area contributed by atoms with Gasteiger partial charge in [-0.1, -0.05) is 11.2 Å². The second-order valence-electron chi connectivity index (χ2n) is 9.42. The maximum atomic E-state index is 9.61. The molecule has 2 aliphatic rings. The standard InChI is InChI=1S/C23H33BN6O2/c1-23(2)19-20(26-13-27-22(19)25)17-11-10-16(12-18(17)21(23)29-32-5)30(4)15-8-6-14(7-9-15)28-24(3)31/h10-15,28,31H,6-9H2,1-5H3,(H2,25,26,27)/b29-21+. The van der Waals surface area contributed by atoms with Gasteiger partial charge in [0, 0.05) is 40.9 Å². The molecule has 4 N–H and O–H groups in total. The molecule has 0 atom stereocenters. The van der Waals surface area contributed by atoms with Crippen LogP contribution < -0.4 is 15.9 Å². The summed E-state index contributed by atoms with van der Waals surface area (Å²) >= 11 is 0. The Balaban J connectivity index is 1.68. The van der Waals surface area contributed by atoms with Crippen LogP contribution in [0.2, 0.25) is 6.82 Å². The summed E-state index contributed by atoms with van der Waals surface area (Å²) in [5.74, 6) is 0.471. The Morgan fingerprint density at radius 2 is 1.94 bits per heavy atom. The van der Waals surface area contributed by atoms with Crippen LogP contribution in [-0.4, -0.2) is 54.0 Å². The summed E-state index contributed by atoms with van der Waals surface area (Å²) in [6.07, 6.45) is 5.78. The number of rotatable bonds is 5. The van der Waals surface area contributed by atoms with Crippen molar-refractivity contribution < 1.29 is 9.86 Å². The quantitative estimate of drug-likeness (QED) is 0.489. The Morgan fingerprint density at radius 3 is 2.59 bits per heavy atom. The van der Waals surface area contributed by atoms with Gasteiger partial charge in [0.05, 0.1) is 11.4 Å². The van der Waals surface area contributed by atoms with Crippen molar-refractivity contribution in [3.8, 4) is 11.3 Å². The van der Waals surface area contributed by atoms with Crippen molar-refractivity contribution in [2.45, 2.75) is 63.9 Å². The molecule has 1 fully saturated rings. The van der Waals surface area contributed by atoms with Gasteiger partial charge in [0.15, 0.2) is 0 Å². The summed E-state index contributed by atoms with van der Waals surface area (Å²) in [7, 11) is 3.26. The van der Waals surface area contributed by atoms with E-state index in [-0.39, 0.29) is 0 Å². The van der Waals surface area contributed by atoms with Gasteiger partial charge in [0.1, 0.15) is 19.3 Å². The van der Waals surface area contributed by atoms with E-state index < -0.39 is 12.5 Å². The van der Waals surface area contributed by atoms with E-state index in [1.54, 1.807) is 13.9 Å². The summed E-state index contributed by atoms with van der Waals surface area (Å²) in [6, 6.07) is 7.27. The van der Waals surface area contributed by atoms with Crippen LogP contribution in [0.15, 0.2) is 29.7 Å². The van der Waals surface area contributed by atoms with Gasteiger partial charge in [-0.15, -0.1) is 0 Å². The number of benzene rings is 1. The molecule has 4 rings (SSSR count). The minimum absolute atomic E-state index is 0.381. The highest BCUT2D eigenvalue weighted by Gasteiger charge is 2.41. The van der Waals surface area contributed by atoms with Crippen molar-refractivity contribution >= 4 is 24.3 Å². The Morgan fingerprint density at radius 1 is 1.22 bits per heavy atom. The second kappa shape index (κ2) is 8.71. The fraction of sp³-hybridized carbons (Fsp3) is 0.522. The highest BCUT2D eigenvalue weighted by Crippen LogP contribution is 2.45. The first-order valence-corrected chi connectivity index (χ1v) is 11.3. The minimum atomic E-state index is -0.494. The summed E-state index contributed by atoms with van der Waals surface area (Å²) in [6.45, 7) is 5.95. The second-order valence-corrected chi connectivity index (χ2v) is 9.42. The number of anilines is 2. The van der Waals surface area contributed by atoms with E-state index in [1.165, 1.54) is 6.33 Å². The van der Waals surface area contributed by atoms with Crippen molar-refractivity contribution in [1.82, 2.24) is 15.2 Å². The van der Waals surface area contributed by atoms with Crippen LogP contribution in [0.25, 0.3) is 11.3 Å². The van der Waals surface area contributed by atoms with Crippen LogP contribution in [0.4, 0.5) is 11.5 Å². The third-order valence-electron chi connectivity index (χ3n) is 6.92. The molecular weight excluding hydrogens is 403 g/mol. The van der Waals surface area contributed by atoms with E-state index in [0.29, 0.717) is 17.9 Å². The van der Waals surface area contributed by atoms with Crippen LogP contribution in [0.3, 0.4) is 0 Å². The topological polar surface area (TPSA) is 109 Å². The average Bonchev–Trinajstić information content (AvgIpc) is 2.75. The fourth-order valence-corrected chi connectivity index (χ4v) is 5.27. The van der Waals surface area contributed by atoms with E-state index in [9.17, 15) is 5.02 Å². The molecular formula is C23H33BN6O2. The third-order valence-corrected chi connectivity index (χ3v) is 6.92. The normalized spacial score (nSPS) is 22.8. The number of nitrogens with one attached hydrogen (secondary N) is 1. The third kappa shape index (κ3) is 3.95. The smallest absolute Gasteiger partial charge is 0.373 e. The predicted octanol–water partition coefficient (Wildman–Crippen LogP) is 2.81. The van der Waals surface area contributed by atoms with E-state index in [4.69, 9.17) is 10.6 Å². The first-order chi connectivity index (χ1) is 15.2. The number of nitrogens with zero attached hydrogens (tertiary/aromatic N) is 4. The molecule has 0 radical (unpaired) electrons. The molecule has 8 nitrogen and oxygen atoms in total. The largest absolute Gasteiger partial charge is 0.437 e. The Bertz CT molecular complexity index is 1020. The van der Waals surface area contributed by atoms with E-state index in [2.05, 4.69) is 64.3 Å². The molecule has 1 aromatic carbocycles. The van der Waals surface area contributed by atoms with Crippen LogP contribution >= 0.6 is 0 Å². The Kier molecular flexibility index (Phi) is 6.14. The zero-order valence-electron chi connectivity index (χ0n) is 19.6. The maximum absolute atomic E-state index is 9.61. The molecule has 9 heteroatoms. The minimum Gasteiger partial charge on any atom is -0.437 e. The van der Waals surface area contributed by atoms with Gasteiger partial charge < -0.3 is 25.7 Å². The van der Waals surface area contributed by atoms with Crippen molar-refractivity contribution in [2.75, 3.05) is 24.8 Å². The number of oxime groups is 1. The molecule has 170 valence electrons. The summed E-state index contributed by atoms with van der Waals surface area (Å²) in [5.41, 5.74) is 11.5. The molecule has 1 heterocycles. The molecule has 1 saturated carbocycles. The van der Waals surface area contributed by atoms with Crippen LogP contribution in [-0.2, 0) is 10.3 Å². The number of fused-ring (bicyclic) bond motifs is 3. The SMILES string of the molecule is CO/N=C1\c2cc(N(C)C3CCC(NB(C)O)CC3)ccc2-c2ncnc(N)c2C1(C)C. The van der Waals surface area contributed by atoms with E-state index in [1.807, 2.05) is 0 Å².